The van der Waals surface area contributed by atoms with Crippen LogP contribution in [0, 0.1) is 0 Å². The second-order valence-electron chi connectivity index (χ2n) is 6.03. The van der Waals surface area contributed by atoms with Gasteiger partial charge in [-0.05, 0) is 36.8 Å². The minimum atomic E-state index is -1.05. The van der Waals surface area contributed by atoms with Crippen LogP contribution in [0.4, 0.5) is 5.69 Å². The number of fused-ring (bicyclic) bond motifs is 1. The van der Waals surface area contributed by atoms with Crippen molar-refractivity contribution in [1.82, 2.24) is 4.98 Å². The lowest BCUT2D eigenvalue weighted by molar-refractivity contribution is -0.139. The average molecular weight is 384 g/mol. The second kappa shape index (κ2) is 8.64. The molecule has 1 heterocycles. The molecule has 1 amide bonds. The number of benzene rings is 2. The van der Waals surface area contributed by atoms with Crippen molar-refractivity contribution in [1.29, 1.82) is 0 Å². The van der Waals surface area contributed by atoms with Crippen LogP contribution in [0.25, 0.3) is 20.8 Å². The Bertz CT molecular complexity index is 935. The van der Waals surface area contributed by atoms with E-state index in [4.69, 9.17) is 9.84 Å². The fourth-order valence-electron chi connectivity index (χ4n) is 2.59. The number of nitrogens with one attached hydrogen (secondary N) is 1. The van der Waals surface area contributed by atoms with E-state index >= 15 is 0 Å². The molecule has 27 heavy (non-hydrogen) atoms. The average Bonchev–Trinajstić information content (AvgIpc) is 3.09. The molecule has 0 saturated carbocycles. The summed E-state index contributed by atoms with van der Waals surface area (Å²) in [7, 11) is 0. The fraction of sp³-hybridized carbons (Fsp3) is 0.250. The van der Waals surface area contributed by atoms with Gasteiger partial charge >= 0.3 is 5.97 Å². The van der Waals surface area contributed by atoms with E-state index < -0.39 is 12.6 Å². The van der Waals surface area contributed by atoms with Crippen LogP contribution in [0.3, 0.4) is 0 Å². The van der Waals surface area contributed by atoms with Gasteiger partial charge in [0, 0.05) is 12.1 Å². The van der Waals surface area contributed by atoms with Gasteiger partial charge in [0.1, 0.15) is 10.8 Å². The standard InChI is InChI=1S/C20H20N2O4S/c1-2-3-8-18(23)21-13-9-10-16(26-12-19(24)25)14(11-13)20-22-15-6-4-5-7-17(15)27-20/h4-7,9-11H,2-3,8,12H2,1H3,(H,21,23)(H,24,25). The Morgan fingerprint density at radius 2 is 2.04 bits per heavy atom. The number of carboxylic acid groups (broad SMARTS) is 1. The van der Waals surface area contributed by atoms with Crippen LogP contribution >= 0.6 is 11.3 Å². The van der Waals surface area contributed by atoms with E-state index in [0.29, 0.717) is 28.4 Å². The minimum absolute atomic E-state index is 0.0497. The number of ether oxygens (including phenoxy) is 1. The third kappa shape index (κ3) is 4.83. The number of hydrogen-bond donors (Lipinski definition) is 2. The number of carbonyl (C=O) groups is 2. The van der Waals surface area contributed by atoms with Crippen LogP contribution in [0.1, 0.15) is 26.2 Å². The number of aliphatic carboxylic acids is 1. The molecular formula is C20H20N2O4S. The number of carbonyl (C=O) groups excluding carboxylic acids is 1. The first kappa shape index (κ1) is 18.8. The monoisotopic (exact) mass is 384 g/mol. The maximum absolute atomic E-state index is 12.0. The van der Waals surface area contributed by atoms with Crippen molar-refractivity contribution in [3.8, 4) is 16.3 Å². The molecule has 6 nitrogen and oxygen atoms in total. The third-order valence-electron chi connectivity index (χ3n) is 3.90. The summed E-state index contributed by atoms with van der Waals surface area (Å²) in [6.07, 6.45) is 2.24. The van der Waals surface area contributed by atoms with E-state index in [2.05, 4.69) is 10.3 Å². The summed E-state index contributed by atoms with van der Waals surface area (Å²) in [6.45, 7) is 1.59. The maximum Gasteiger partial charge on any atom is 0.341 e. The summed E-state index contributed by atoms with van der Waals surface area (Å²) >= 11 is 1.49. The second-order valence-corrected chi connectivity index (χ2v) is 7.06. The van der Waals surface area contributed by atoms with Crippen molar-refractivity contribution >= 4 is 39.1 Å². The van der Waals surface area contributed by atoms with Gasteiger partial charge in [-0.2, -0.15) is 0 Å². The molecule has 0 bridgehead atoms. The van der Waals surface area contributed by atoms with Crippen LogP contribution in [-0.2, 0) is 9.59 Å². The predicted molar refractivity (Wildman–Crippen MR) is 106 cm³/mol. The molecule has 3 rings (SSSR count). The maximum atomic E-state index is 12.0. The van der Waals surface area contributed by atoms with Crippen LogP contribution < -0.4 is 10.1 Å². The Morgan fingerprint density at radius 3 is 2.78 bits per heavy atom. The third-order valence-corrected chi connectivity index (χ3v) is 4.97. The quantitative estimate of drug-likeness (QED) is 0.594. The van der Waals surface area contributed by atoms with Gasteiger partial charge in [0.2, 0.25) is 5.91 Å². The van der Waals surface area contributed by atoms with Crippen LogP contribution in [0.2, 0.25) is 0 Å². The zero-order chi connectivity index (χ0) is 19.2. The zero-order valence-corrected chi connectivity index (χ0v) is 15.7. The number of thiazole rings is 1. The molecule has 0 spiro atoms. The van der Waals surface area contributed by atoms with Gasteiger partial charge in [-0.25, -0.2) is 9.78 Å². The number of anilines is 1. The SMILES string of the molecule is CCCCC(=O)Nc1ccc(OCC(=O)O)c(-c2nc3ccccc3s2)c1. The lowest BCUT2D eigenvalue weighted by Gasteiger charge is -2.11. The largest absolute Gasteiger partial charge is 0.481 e. The molecule has 0 unspecified atom stereocenters. The lowest BCUT2D eigenvalue weighted by atomic mass is 10.1. The number of unbranched alkanes of at least 4 members (excludes halogenated alkanes) is 1. The first-order valence-corrected chi connectivity index (χ1v) is 9.53. The highest BCUT2D eigenvalue weighted by Gasteiger charge is 2.15. The lowest BCUT2D eigenvalue weighted by Crippen LogP contribution is -2.12. The molecular weight excluding hydrogens is 364 g/mol. The Kier molecular flexibility index (Phi) is 6.03. The van der Waals surface area contributed by atoms with Crippen molar-refractivity contribution in [3.05, 3.63) is 42.5 Å². The van der Waals surface area contributed by atoms with Gasteiger partial charge < -0.3 is 15.2 Å². The first-order valence-electron chi connectivity index (χ1n) is 8.71. The van der Waals surface area contributed by atoms with Gasteiger partial charge in [-0.3, -0.25) is 4.79 Å². The molecule has 0 fully saturated rings. The van der Waals surface area contributed by atoms with Gasteiger partial charge in [0.05, 0.1) is 15.8 Å². The number of aromatic nitrogens is 1. The molecule has 2 N–H and O–H groups in total. The van der Waals surface area contributed by atoms with Crippen LogP contribution in [0.5, 0.6) is 5.75 Å². The van der Waals surface area contributed by atoms with Crippen molar-refractivity contribution in [2.75, 3.05) is 11.9 Å². The minimum Gasteiger partial charge on any atom is -0.481 e. The van der Waals surface area contributed by atoms with Crippen molar-refractivity contribution in [3.63, 3.8) is 0 Å². The van der Waals surface area contributed by atoms with E-state index in [9.17, 15) is 9.59 Å². The van der Waals surface area contributed by atoms with E-state index in [0.717, 1.165) is 23.1 Å². The van der Waals surface area contributed by atoms with Gasteiger partial charge in [-0.15, -0.1) is 11.3 Å². The Hall–Kier alpha value is -2.93. The Morgan fingerprint density at radius 1 is 1.22 bits per heavy atom. The smallest absolute Gasteiger partial charge is 0.341 e. The molecule has 0 saturated heterocycles. The normalized spacial score (nSPS) is 10.7. The highest BCUT2D eigenvalue weighted by molar-refractivity contribution is 7.21. The molecule has 7 heteroatoms. The summed E-state index contributed by atoms with van der Waals surface area (Å²) in [6, 6.07) is 12.9. The number of carboxylic acids is 1. The summed E-state index contributed by atoms with van der Waals surface area (Å²) in [5.74, 6) is -0.684. The number of amides is 1. The summed E-state index contributed by atoms with van der Waals surface area (Å²) < 4.78 is 6.45. The van der Waals surface area contributed by atoms with E-state index in [-0.39, 0.29) is 5.91 Å². The Labute approximate surface area is 160 Å². The predicted octanol–water partition coefficient (Wildman–Crippen LogP) is 4.56. The van der Waals surface area contributed by atoms with E-state index in [1.165, 1.54) is 11.3 Å². The number of nitrogens with zero attached hydrogens (tertiary/aromatic N) is 1. The number of hydrogen-bond acceptors (Lipinski definition) is 5. The van der Waals surface area contributed by atoms with Crippen molar-refractivity contribution in [2.24, 2.45) is 0 Å². The molecule has 0 atom stereocenters. The molecule has 0 radical (unpaired) electrons. The molecule has 1 aromatic heterocycles. The summed E-state index contributed by atoms with van der Waals surface area (Å²) in [4.78, 5) is 27.5. The molecule has 0 aliphatic heterocycles. The summed E-state index contributed by atoms with van der Waals surface area (Å²) in [5, 5.41) is 12.5. The Balaban J connectivity index is 1.94. The topological polar surface area (TPSA) is 88.5 Å². The van der Waals surface area contributed by atoms with E-state index in [1.54, 1.807) is 18.2 Å². The zero-order valence-electron chi connectivity index (χ0n) is 14.9. The van der Waals surface area contributed by atoms with Crippen LogP contribution in [-0.4, -0.2) is 28.6 Å². The molecule has 3 aromatic rings. The highest BCUT2D eigenvalue weighted by Crippen LogP contribution is 2.37. The van der Waals surface area contributed by atoms with Gasteiger partial charge in [-0.1, -0.05) is 25.5 Å². The van der Waals surface area contributed by atoms with Crippen LogP contribution in [0.15, 0.2) is 42.5 Å². The van der Waals surface area contributed by atoms with E-state index in [1.807, 2.05) is 31.2 Å². The fourth-order valence-corrected chi connectivity index (χ4v) is 3.58. The number of rotatable bonds is 8. The highest BCUT2D eigenvalue weighted by atomic mass is 32.1. The summed E-state index contributed by atoms with van der Waals surface area (Å²) in [5.41, 5.74) is 2.15. The van der Waals surface area contributed by atoms with Gasteiger partial charge in [0.25, 0.3) is 0 Å². The number of para-hydroxylation sites is 1. The van der Waals surface area contributed by atoms with Crippen molar-refractivity contribution < 1.29 is 19.4 Å². The molecule has 140 valence electrons. The molecule has 0 aliphatic carbocycles. The molecule has 2 aromatic carbocycles. The van der Waals surface area contributed by atoms with Gasteiger partial charge in [0.15, 0.2) is 6.61 Å². The molecule has 0 aliphatic rings. The first-order chi connectivity index (χ1) is 13.1. The van der Waals surface area contributed by atoms with Crippen molar-refractivity contribution in [2.45, 2.75) is 26.2 Å².